The fraction of sp³-hybridized carbons (Fsp3) is 1.00. The molecule has 134 valence electrons. The minimum atomic E-state index is -2.36. The van der Waals surface area contributed by atoms with Crippen LogP contribution in [0, 0.1) is 0 Å². The van der Waals surface area contributed by atoms with Crippen molar-refractivity contribution in [1.29, 1.82) is 0 Å². The molecule has 0 radical (unpaired) electrons. The van der Waals surface area contributed by atoms with Gasteiger partial charge in [0.15, 0.2) is 0 Å². The van der Waals surface area contributed by atoms with E-state index in [9.17, 15) is 4.57 Å². The van der Waals surface area contributed by atoms with Crippen LogP contribution in [0.2, 0.25) is 0 Å². The van der Waals surface area contributed by atoms with Crippen LogP contribution in [0.1, 0.15) is 77.0 Å². The van der Waals surface area contributed by atoms with E-state index in [0.717, 1.165) is 38.9 Å². The highest BCUT2D eigenvalue weighted by molar-refractivity contribution is 7.66. The van der Waals surface area contributed by atoms with Gasteiger partial charge in [-0.15, -0.1) is 0 Å². The molecule has 0 aromatic heterocycles. The van der Waals surface area contributed by atoms with Gasteiger partial charge in [0.1, 0.15) is 7.14 Å². The monoisotopic (exact) mass is 341 g/mol. The van der Waals surface area contributed by atoms with Crippen LogP contribution in [0.5, 0.6) is 0 Å². The number of hydrogen-bond donors (Lipinski definition) is 3. The van der Waals surface area contributed by atoms with Gasteiger partial charge >= 0.3 is 0 Å². The summed E-state index contributed by atoms with van der Waals surface area (Å²) in [5.41, 5.74) is 0. The maximum Gasteiger partial charge on any atom is 0.136 e. The van der Waals surface area contributed by atoms with E-state index in [2.05, 4.69) is 16.0 Å². The average molecular weight is 341 g/mol. The van der Waals surface area contributed by atoms with Crippen LogP contribution in [0.15, 0.2) is 0 Å². The first-order chi connectivity index (χ1) is 11.3. The highest BCUT2D eigenvalue weighted by atomic mass is 31.2. The Morgan fingerprint density at radius 2 is 0.870 bits per heavy atom. The standard InChI is InChI=1S/C18H36N3OP/c22-23(16-10-4-1-7-13-19-16,17-11-5-2-8-14-20-17)18-12-6-3-9-15-21-18/h16-21H,1-15H2. The summed E-state index contributed by atoms with van der Waals surface area (Å²) >= 11 is 0. The van der Waals surface area contributed by atoms with Crippen molar-refractivity contribution in [2.24, 2.45) is 0 Å². The van der Waals surface area contributed by atoms with Crippen molar-refractivity contribution in [3.63, 3.8) is 0 Å². The van der Waals surface area contributed by atoms with E-state index in [1.54, 1.807) is 0 Å². The summed E-state index contributed by atoms with van der Waals surface area (Å²) in [6, 6.07) is 0. The van der Waals surface area contributed by atoms with E-state index in [4.69, 9.17) is 0 Å². The minimum absolute atomic E-state index is 0.233. The van der Waals surface area contributed by atoms with Gasteiger partial charge in [0.2, 0.25) is 0 Å². The summed E-state index contributed by atoms with van der Waals surface area (Å²) < 4.78 is 14.5. The van der Waals surface area contributed by atoms with Crippen molar-refractivity contribution in [2.75, 3.05) is 19.6 Å². The topological polar surface area (TPSA) is 53.2 Å². The number of rotatable bonds is 3. The Morgan fingerprint density at radius 1 is 0.522 bits per heavy atom. The maximum absolute atomic E-state index is 14.5. The second-order valence-corrected chi connectivity index (χ2v) is 11.1. The zero-order chi connectivity index (χ0) is 16.0. The smallest absolute Gasteiger partial charge is 0.136 e. The molecule has 3 N–H and O–H groups in total. The Bertz CT molecular complexity index is 323. The lowest BCUT2D eigenvalue weighted by Crippen LogP contribution is -2.45. The third kappa shape index (κ3) is 4.39. The van der Waals surface area contributed by atoms with E-state index in [1.165, 1.54) is 57.8 Å². The molecule has 3 rings (SSSR count). The SMILES string of the molecule is O=P(C1CCCCCN1)(C1CCCCCN1)C1CCCCCN1. The first-order valence-corrected chi connectivity index (χ1v) is 12.0. The summed E-state index contributed by atoms with van der Waals surface area (Å²) in [5, 5.41) is 11.1. The van der Waals surface area contributed by atoms with Crippen LogP contribution in [-0.4, -0.2) is 37.0 Å². The van der Waals surface area contributed by atoms with Gasteiger partial charge in [0.25, 0.3) is 0 Å². The van der Waals surface area contributed by atoms with Crippen LogP contribution in [0.3, 0.4) is 0 Å². The van der Waals surface area contributed by atoms with E-state index >= 15 is 0 Å². The Balaban J connectivity index is 1.84. The van der Waals surface area contributed by atoms with Gasteiger partial charge in [-0.05, 0) is 58.2 Å². The average Bonchev–Trinajstić information content (AvgIpc) is 3.10. The normalized spacial score (nSPS) is 37.1. The second kappa shape index (κ2) is 8.99. The molecular formula is C18H36N3OP. The third-order valence-corrected chi connectivity index (χ3v) is 10.3. The molecule has 5 heteroatoms. The van der Waals surface area contributed by atoms with Crippen molar-refractivity contribution in [1.82, 2.24) is 16.0 Å². The van der Waals surface area contributed by atoms with E-state index in [-0.39, 0.29) is 17.3 Å². The molecule has 3 aliphatic heterocycles. The zero-order valence-electron chi connectivity index (χ0n) is 14.7. The quantitative estimate of drug-likeness (QED) is 0.683. The lowest BCUT2D eigenvalue weighted by molar-refractivity contribution is 0.472. The minimum Gasteiger partial charge on any atom is -0.319 e. The van der Waals surface area contributed by atoms with Gasteiger partial charge in [-0.25, -0.2) is 0 Å². The van der Waals surface area contributed by atoms with E-state index < -0.39 is 7.14 Å². The molecule has 0 bridgehead atoms. The summed E-state index contributed by atoms with van der Waals surface area (Å²) in [7, 11) is -2.36. The molecule has 3 saturated heterocycles. The molecule has 0 amide bonds. The molecule has 0 aliphatic carbocycles. The fourth-order valence-electron chi connectivity index (χ4n) is 4.72. The lowest BCUT2D eigenvalue weighted by atomic mass is 10.2. The maximum atomic E-state index is 14.5. The van der Waals surface area contributed by atoms with Gasteiger partial charge < -0.3 is 20.5 Å². The highest BCUT2D eigenvalue weighted by Crippen LogP contribution is 2.61. The lowest BCUT2D eigenvalue weighted by Gasteiger charge is -2.40. The largest absolute Gasteiger partial charge is 0.319 e. The Hall–Kier alpha value is 0.110. The molecule has 0 saturated carbocycles. The molecule has 0 aromatic rings. The molecule has 3 unspecified atom stereocenters. The van der Waals surface area contributed by atoms with Crippen LogP contribution in [0.4, 0.5) is 0 Å². The van der Waals surface area contributed by atoms with Crippen LogP contribution >= 0.6 is 7.14 Å². The van der Waals surface area contributed by atoms with Crippen molar-refractivity contribution in [3.8, 4) is 0 Å². The summed E-state index contributed by atoms with van der Waals surface area (Å²) in [6.07, 6.45) is 14.6. The molecule has 3 fully saturated rings. The van der Waals surface area contributed by atoms with Crippen molar-refractivity contribution in [2.45, 2.75) is 94.4 Å². The number of nitrogens with one attached hydrogen (secondary N) is 3. The molecule has 3 atom stereocenters. The van der Waals surface area contributed by atoms with E-state index in [0.29, 0.717) is 0 Å². The van der Waals surface area contributed by atoms with Crippen molar-refractivity contribution in [3.05, 3.63) is 0 Å². The first-order valence-electron chi connectivity index (χ1n) is 10.1. The molecule has 23 heavy (non-hydrogen) atoms. The Morgan fingerprint density at radius 3 is 1.22 bits per heavy atom. The van der Waals surface area contributed by atoms with Crippen LogP contribution < -0.4 is 16.0 Å². The van der Waals surface area contributed by atoms with Crippen molar-refractivity contribution < 1.29 is 4.57 Å². The molecule has 3 heterocycles. The summed E-state index contributed by atoms with van der Waals surface area (Å²) in [6.45, 7) is 3.15. The Kier molecular flexibility index (Phi) is 7.00. The first kappa shape index (κ1) is 17.9. The summed E-state index contributed by atoms with van der Waals surface area (Å²) in [4.78, 5) is 0. The van der Waals surface area contributed by atoms with Crippen molar-refractivity contribution >= 4 is 7.14 Å². The van der Waals surface area contributed by atoms with Crippen LogP contribution in [0.25, 0.3) is 0 Å². The van der Waals surface area contributed by atoms with Gasteiger partial charge in [-0.1, -0.05) is 38.5 Å². The van der Waals surface area contributed by atoms with Crippen LogP contribution in [-0.2, 0) is 4.57 Å². The van der Waals surface area contributed by atoms with Gasteiger partial charge in [0.05, 0.1) is 17.3 Å². The molecule has 0 aromatic carbocycles. The molecule has 3 aliphatic rings. The van der Waals surface area contributed by atoms with Gasteiger partial charge in [-0.3, -0.25) is 0 Å². The van der Waals surface area contributed by atoms with E-state index in [1.807, 2.05) is 0 Å². The molecule has 4 nitrogen and oxygen atoms in total. The summed E-state index contributed by atoms with van der Waals surface area (Å²) in [5.74, 6) is 0.698. The molecule has 0 spiro atoms. The fourth-order valence-corrected chi connectivity index (χ4v) is 9.02. The third-order valence-electron chi connectivity index (χ3n) is 6.06. The number of hydrogen-bond acceptors (Lipinski definition) is 4. The zero-order valence-corrected chi connectivity index (χ0v) is 15.6. The second-order valence-electron chi connectivity index (χ2n) is 7.72. The molecular weight excluding hydrogens is 305 g/mol. The predicted molar refractivity (Wildman–Crippen MR) is 98.4 cm³/mol. The van der Waals surface area contributed by atoms with Gasteiger partial charge in [0, 0.05) is 0 Å². The van der Waals surface area contributed by atoms with Gasteiger partial charge in [-0.2, -0.15) is 0 Å². The highest BCUT2D eigenvalue weighted by Gasteiger charge is 2.46. The predicted octanol–water partition coefficient (Wildman–Crippen LogP) is 3.82. The Labute approximate surface area is 142 Å².